The molecular weight excluding hydrogens is 311 g/mol. The number of hydrogen-bond acceptors (Lipinski definition) is 4. The Labute approximate surface area is 129 Å². The molecule has 1 saturated heterocycles. The maximum absolute atomic E-state index is 13.8. The van der Waals surface area contributed by atoms with E-state index in [0.717, 1.165) is 17.9 Å². The summed E-state index contributed by atoms with van der Waals surface area (Å²) in [7, 11) is -3.58. The van der Waals surface area contributed by atoms with Crippen LogP contribution in [0.15, 0.2) is 23.1 Å². The van der Waals surface area contributed by atoms with Crippen molar-refractivity contribution in [2.24, 2.45) is 0 Å². The van der Waals surface area contributed by atoms with Crippen molar-refractivity contribution in [1.82, 2.24) is 10.0 Å². The van der Waals surface area contributed by atoms with Gasteiger partial charge in [0.1, 0.15) is 5.82 Å². The highest BCUT2D eigenvalue weighted by Crippen LogP contribution is 2.21. The normalized spacial score (nSPS) is 19.3. The number of hydrogen-bond donors (Lipinski definition) is 2. The van der Waals surface area contributed by atoms with Gasteiger partial charge in [-0.15, -0.1) is 0 Å². The van der Waals surface area contributed by atoms with E-state index >= 15 is 0 Å². The van der Waals surface area contributed by atoms with E-state index in [1.54, 1.807) is 11.8 Å². The molecule has 7 heteroatoms. The third-order valence-corrected chi connectivity index (χ3v) is 5.96. The van der Waals surface area contributed by atoms with Crippen molar-refractivity contribution >= 4 is 21.8 Å². The maximum Gasteiger partial charge on any atom is 0.240 e. The molecule has 1 aromatic carbocycles. The van der Waals surface area contributed by atoms with Gasteiger partial charge in [0, 0.05) is 29.9 Å². The number of sulfonamides is 1. The average molecular weight is 332 g/mol. The van der Waals surface area contributed by atoms with Gasteiger partial charge in [-0.1, -0.05) is 13.8 Å². The summed E-state index contributed by atoms with van der Waals surface area (Å²) < 4.78 is 41.1. The van der Waals surface area contributed by atoms with Crippen LogP contribution in [0, 0.1) is 5.82 Å². The zero-order chi connectivity index (χ0) is 15.5. The lowest BCUT2D eigenvalue weighted by Gasteiger charge is -2.14. The van der Waals surface area contributed by atoms with E-state index in [9.17, 15) is 12.8 Å². The molecule has 2 rings (SSSR count). The van der Waals surface area contributed by atoms with E-state index in [1.165, 1.54) is 18.2 Å². The van der Waals surface area contributed by atoms with Crippen LogP contribution in [0.3, 0.4) is 0 Å². The van der Waals surface area contributed by atoms with E-state index in [-0.39, 0.29) is 17.0 Å². The lowest BCUT2D eigenvalue weighted by Crippen LogP contribution is -2.34. The van der Waals surface area contributed by atoms with Gasteiger partial charge < -0.3 is 5.32 Å². The van der Waals surface area contributed by atoms with Crippen LogP contribution in [0.5, 0.6) is 0 Å². The minimum atomic E-state index is -3.58. The predicted octanol–water partition coefficient (Wildman–Crippen LogP) is 2.11. The third kappa shape index (κ3) is 4.67. The van der Waals surface area contributed by atoms with Crippen molar-refractivity contribution in [3.8, 4) is 0 Å². The summed E-state index contributed by atoms with van der Waals surface area (Å²) in [5, 5.41) is 3.10. The molecule has 1 atom stereocenters. The Morgan fingerprint density at radius 3 is 2.81 bits per heavy atom. The Morgan fingerprint density at radius 1 is 1.43 bits per heavy atom. The standard InChI is InChI=1S/C14H21FN2O2S2/c1-10(2)16-8-11-7-13(3-4-14(11)15)21(18,19)17-12-5-6-20-9-12/h3-4,7,10,12,16-17H,5-6,8-9H2,1-2H3. The van der Waals surface area contributed by atoms with Crippen LogP contribution in [-0.2, 0) is 16.6 Å². The predicted molar refractivity (Wildman–Crippen MR) is 84.4 cm³/mol. The van der Waals surface area contributed by atoms with Gasteiger partial charge in [0.05, 0.1) is 4.90 Å². The molecule has 1 aromatic rings. The topological polar surface area (TPSA) is 58.2 Å². The molecule has 4 nitrogen and oxygen atoms in total. The summed E-state index contributed by atoms with van der Waals surface area (Å²) in [6.45, 7) is 4.22. The second kappa shape index (κ2) is 7.09. The molecule has 1 unspecified atom stereocenters. The van der Waals surface area contributed by atoms with Crippen molar-refractivity contribution in [2.45, 2.75) is 43.8 Å². The number of thioether (sulfide) groups is 1. The maximum atomic E-state index is 13.8. The molecule has 1 heterocycles. The Kier molecular flexibility index (Phi) is 5.65. The first-order chi connectivity index (χ1) is 9.88. The van der Waals surface area contributed by atoms with Crippen LogP contribution in [0.2, 0.25) is 0 Å². The first-order valence-electron chi connectivity index (χ1n) is 7.00. The highest BCUT2D eigenvalue weighted by molar-refractivity contribution is 7.99. The molecule has 1 aliphatic heterocycles. The molecule has 0 aliphatic carbocycles. The molecule has 0 radical (unpaired) electrons. The average Bonchev–Trinajstić information content (AvgIpc) is 2.89. The van der Waals surface area contributed by atoms with Gasteiger partial charge in [-0.3, -0.25) is 0 Å². The van der Waals surface area contributed by atoms with E-state index in [2.05, 4.69) is 10.0 Å². The smallest absolute Gasteiger partial charge is 0.240 e. The van der Waals surface area contributed by atoms with Crippen molar-refractivity contribution in [3.63, 3.8) is 0 Å². The monoisotopic (exact) mass is 332 g/mol. The molecule has 0 spiro atoms. The summed E-state index contributed by atoms with van der Waals surface area (Å²) in [5.74, 6) is 1.38. The van der Waals surface area contributed by atoms with Crippen LogP contribution in [0.1, 0.15) is 25.8 Å². The SMILES string of the molecule is CC(C)NCc1cc(S(=O)(=O)NC2CCSC2)ccc1F. The fraction of sp³-hybridized carbons (Fsp3) is 0.571. The Morgan fingerprint density at radius 2 is 2.19 bits per heavy atom. The van der Waals surface area contributed by atoms with Crippen LogP contribution < -0.4 is 10.0 Å². The number of halogens is 1. The second-order valence-electron chi connectivity index (χ2n) is 5.47. The Balaban J connectivity index is 2.16. The van der Waals surface area contributed by atoms with Crippen molar-refractivity contribution in [2.75, 3.05) is 11.5 Å². The van der Waals surface area contributed by atoms with Crippen LogP contribution in [-0.4, -0.2) is 32.0 Å². The van der Waals surface area contributed by atoms with Gasteiger partial charge in [-0.2, -0.15) is 11.8 Å². The quantitative estimate of drug-likeness (QED) is 0.838. The molecular formula is C14H21FN2O2S2. The molecule has 0 saturated carbocycles. The lowest BCUT2D eigenvalue weighted by atomic mass is 10.2. The van der Waals surface area contributed by atoms with Gasteiger partial charge in [-0.25, -0.2) is 17.5 Å². The first kappa shape index (κ1) is 16.7. The minimum absolute atomic E-state index is 0.0257. The summed E-state index contributed by atoms with van der Waals surface area (Å²) in [6.07, 6.45) is 0.840. The van der Waals surface area contributed by atoms with E-state index in [0.29, 0.717) is 12.1 Å². The largest absolute Gasteiger partial charge is 0.310 e. The van der Waals surface area contributed by atoms with Crippen LogP contribution in [0.4, 0.5) is 4.39 Å². The fourth-order valence-electron chi connectivity index (χ4n) is 2.08. The first-order valence-corrected chi connectivity index (χ1v) is 9.64. The molecule has 21 heavy (non-hydrogen) atoms. The molecule has 1 aliphatic rings. The molecule has 2 N–H and O–H groups in total. The van der Waals surface area contributed by atoms with Crippen molar-refractivity contribution < 1.29 is 12.8 Å². The molecule has 0 aromatic heterocycles. The van der Waals surface area contributed by atoms with E-state index in [4.69, 9.17) is 0 Å². The van der Waals surface area contributed by atoms with Gasteiger partial charge in [0.2, 0.25) is 10.0 Å². The van der Waals surface area contributed by atoms with Gasteiger partial charge in [0.15, 0.2) is 0 Å². The number of rotatable bonds is 6. The summed E-state index contributed by atoms with van der Waals surface area (Å²) in [6, 6.07) is 4.13. The van der Waals surface area contributed by atoms with Crippen LogP contribution in [0.25, 0.3) is 0 Å². The molecule has 1 fully saturated rings. The summed E-state index contributed by atoms with van der Waals surface area (Å²) in [4.78, 5) is 0.126. The van der Waals surface area contributed by atoms with Gasteiger partial charge in [-0.05, 0) is 30.4 Å². The summed E-state index contributed by atoms with van der Waals surface area (Å²) in [5.41, 5.74) is 0.368. The molecule has 0 amide bonds. The van der Waals surface area contributed by atoms with Crippen LogP contribution >= 0.6 is 11.8 Å². The second-order valence-corrected chi connectivity index (χ2v) is 8.33. The Bertz CT molecular complexity index is 585. The van der Waals surface area contributed by atoms with Crippen molar-refractivity contribution in [1.29, 1.82) is 0 Å². The Hall–Kier alpha value is -0.630. The highest BCUT2D eigenvalue weighted by atomic mass is 32.2. The summed E-state index contributed by atoms with van der Waals surface area (Å²) >= 11 is 1.74. The lowest BCUT2D eigenvalue weighted by molar-refractivity contribution is 0.548. The zero-order valence-electron chi connectivity index (χ0n) is 12.2. The van der Waals surface area contributed by atoms with E-state index < -0.39 is 15.8 Å². The fourth-order valence-corrected chi connectivity index (χ4v) is 4.66. The number of benzene rings is 1. The van der Waals surface area contributed by atoms with E-state index in [1.807, 2.05) is 13.8 Å². The zero-order valence-corrected chi connectivity index (χ0v) is 13.9. The minimum Gasteiger partial charge on any atom is -0.310 e. The third-order valence-electron chi connectivity index (χ3n) is 3.28. The number of nitrogens with one attached hydrogen (secondary N) is 2. The van der Waals surface area contributed by atoms with Gasteiger partial charge >= 0.3 is 0 Å². The van der Waals surface area contributed by atoms with Crippen molar-refractivity contribution in [3.05, 3.63) is 29.6 Å². The highest BCUT2D eigenvalue weighted by Gasteiger charge is 2.23. The molecule has 118 valence electrons. The molecule has 0 bridgehead atoms. The van der Waals surface area contributed by atoms with Gasteiger partial charge in [0.25, 0.3) is 0 Å².